The van der Waals surface area contributed by atoms with E-state index in [2.05, 4.69) is 10.1 Å². The van der Waals surface area contributed by atoms with Gasteiger partial charge in [-0.2, -0.15) is 0 Å². The minimum Gasteiger partial charge on any atom is -0.471 e. The summed E-state index contributed by atoms with van der Waals surface area (Å²) in [7, 11) is 2.77. The summed E-state index contributed by atoms with van der Waals surface area (Å²) in [5, 5.41) is 30.9. The van der Waals surface area contributed by atoms with Crippen molar-refractivity contribution in [3.8, 4) is 0 Å². The highest BCUT2D eigenvalue weighted by atomic mass is 16.6. The van der Waals surface area contributed by atoms with Gasteiger partial charge in [-0.05, 0) is 6.42 Å². The second-order valence-electron chi connectivity index (χ2n) is 4.70. The molecule has 0 radical (unpaired) electrons. The lowest BCUT2D eigenvalue weighted by Gasteiger charge is -2.24. The van der Waals surface area contributed by atoms with E-state index in [0.717, 1.165) is 4.90 Å². The van der Waals surface area contributed by atoms with E-state index in [1.165, 1.54) is 20.4 Å². The van der Waals surface area contributed by atoms with Gasteiger partial charge < -0.3 is 30.1 Å². The number of aliphatic hydroxyl groups excluding tert-OH is 3. The van der Waals surface area contributed by atoms with Gasteiger partial charge in [0.15, 0.2) is 6.23 Å². The first-order chi connectivity index (χ1) is 11.4. The van der Waals surface area contributed by atoms with Crippen molar-refractivity contribution < 1.29 is 39.2 Å². The summed E-state index contributed by atoms with van der Waals surface area (Å²) in [4.78, 5) is 32.6. The first-order valence-electron chi connectivity index (χ1n) is 7.16. The maximum absolute atomic E-state index is 11.6. The Bertz CT molecular complexity index is 442. The predicted molar refractivity (Wildman–Crippen MR) is 81.2 cm³/mol. The summed E-state index contributed by atoms with van der Waals surface area (Å²) >= 11 is 0. The summed E-state index contributed by atoms with van der Waals surface area (Å²) in [5.74, 6) is -0.355. The Kier molecular flexibility index (Phi) is 10.5. The fraction of sp³-hybridized carbons (Fsp3) is 0.643. The van der Waals surface area contributed by atoms with E-state index in [9.17, 15) is 19.8 Å². The Balaban J connectivity index is 0.00000118. The molecule has 0 aromatic rings. The van der Waals surface area contributed by atoms with Crippen molar-refractivity contribution in [3.05, 3.63) is 11.8 Å². The van der Waals surface area contributed by atoms with Crippen LogP contribution in [0.15, 0.2) is 11.8 Å². The Morgan fingerprint density at radius 1 is 1.33 bits per heavy atom. The number of aliphatic hydroxyl groups is 3. The molecule has 10 heteroatoms. The molecule has 0 saturated carbocycles. The van der Waals surface area contributed by atoms with Crippen LogP contribution in [0.3, 0.4) is 0 Å². The molecular formula is C14H24N2O8. The third kappa shape index (κ3) is 5.89. The minimum absolute atomic E-state index is 0.317. The van der Waals surface area contributed by atoms with Crippen LogP contribution >= 0.6 is 0 Å². The zero-order valence-corrected chi connectivity index (χ0v) is 13.8. The van der Waals surface area contributed by atoms with Crippen LogP contribution in [0.5, 0.6) is 0 Å². The van der Waals surface area contributed by atoms with Crippen LogP contribution in [0, 0.1) is 0 Å². The van der Waals surface area contributed by atoms with E-state index in [-0.39, 0.29) is 5.91 Å². The molecular weight excluding hydrogens is 324 g/mol. The van der Waals surface area contributed by atoms with E-state index in [1.807, 2.05) is 0 Å². The van der Waals surface area contributed by atoms with Gasteiger partial charge in [0.25, 0.3) is 6.47 Å². The summed E-state index contributed by atoms with van der Waals surface area (Å²) < 4.78 is 9.08. The highest BCUT2D eigenvalue weighted by molar-refractivity contribution is 5.93. The molecule has 0 aromatic carbocycles. The fourth-order valence-electron chi connectivity index (χ4n) is 1.94. The summed E-state index contributed by atoms with van der Waals surface area (Å²) in [5.41, 5.74) is 0.317. The van der Waals surface area contributed by atoms with Gasteiger partial charge in [0.1, 0.15) is 18.3 Å². The Morgan fingerprint density at radius 2 is 1.92 bits per heavy atom. The Hall–Kier alpha value is -2.01. The second kappa shape index (κ2) is 11.5. The zero-order chi connectivity index (χ0) is 18.7. The van der Waals surface area contributed by atoms with Crippen molar-refractivity contribution in [1.82, 2.24) is 10.2 Å². The molecule has 1 aliphatic rings. The number of amides is 2. The van der Waals surface area contributed by atoms with Gasteiger partial charge in [-0.25, -0.2) is 0 Å². The van der Waals surface area contributed by atoms with E-state index in [0.29, 0.717) is 24.9 Å². The van der Waals surface area contributed by atoms with Crippen LogP contribution in [-0.4, -0.2) is 84.3 Å². The van der Waals surface area contributed by atoms with Gasteiger partial charge in [-0.3, -0.25) is 19.3 Å². The molecule has 0 aromatic heterocycles. The Morgan fingerprint density at radius 3 is 2.25 bits per heavy atom. The van der Waals surface area contributed by atoms with E-state index < -0.39 is 31.1 Å². The third-order valence-corrected chi connectivity index (χ3v) is 3.23. The van der Waals surface area contributed by atoms with Gasteiger partial charge in [0.2, 0.25) is 12.3 Å². The normalized spacial score (nSPS) is 26.0. The lowest BCUT2D eigenvalue weighted by molar-refractivity contribution is -0.133. The van der Waals surface area contributed by atoms with Crippen LogP contribution in [-0.2, 0) is 23.9 Å². The molecule has 0 spiro atoms. The topological polar surface area (TPSA) is 146 Å². The zero-order valence-electron chi connectivity index (χ0n) is 13.8. The monoisotopic (exact) mass is 348 g/mol. The van der Waals surface area contributed by atoms with E-state index in [4.69, 9.17) is 14.6 Å². The lowest BCUT2D eigenvalue weighted by Crippen LogP contribution is -2.41. The molecule has 24 heavy (non-hydrogen) atoms. The molecule has 4 atom stereocenters. The molecule has 4 N–H and O–H groups in total. The van der Waals surface area contributed by atoms with Crippen molar-refractivity contribution in [2.45, 2.75) is 37.9 Å². The van der Waals surface area contributed by atoms with Gasteiger partial charge in [-0.15, -0.1) is 0 Å². The molecule has 1 aliphatic heterocycles. The van der Waals surface area contributed by atoms with E-state index >= 15 is 0 Å². The first-order valence-corrected chi connectivity index (χ1v) is 7.16. The van der Waals surface area contributed by atoms with Crippen LogP contribution in [0.25, 0.3) is 0 Å². The number of hydrogen-bond acceptors (Lipinski definition) is 8. The Labute approximate surface area is 139 Å². The number of likely N-dealkylation sites (N-methyl/N-ethyl adjacent to an activating group) is 1. The van der Waals surface area contributed by atoms with Gasteiger partial charge in [0, 0.05) is 18.8 Å². The van der Waals surface area contributed by atoms with Crippen LogP contribution < -0.4 is 5.32 Å². The van der Waals surface area contributed by atoms with Gasteiger partial charge in [0.05, 0.1) is 13.7 Å². The van der Waals surface area contributed by atoms with Crippen molar-refractivity contribution in [3.63, 3.8) is 0 Å². The van der Waals surface area contributed by atoms with Crippen molar-refractivity contribution >= 4 is 18.8 Å². The first kappa shape index (κ1) is 22.0. The van der Waals surface area contributed by atoms with Gasteiger partial charge in [-0.1, -0.05) is 6.92 Å². The standard InChI is InChI=1S/C12H20N2O6.C2H4O2/c1-3-7(11(19)13-2)4-14(6-16)12-10(18)9(17)8(5-15)20-12;1-4-2-3/h4,6,8-10,12,15,17-18H,3,5H2,1-2H3,(H,13,19);2H,1H3/b7-4-;. The summed E-state index contributed by atoms with van der Waals surface area (Å²) in [6.45, 7) is 1.63. The number of carbonyl (C=O) groups is 3. The minimum atomic E-state index is -1.36. The van der Waals surface area contributed by atoms with Crippen molar-refractivity contribution in [2.24, 2.45) is 0 Å². The van der Waals surface area contributed by atoms with Crippen LogP contribution in [0.1, 0.15) is 13.3 Å². The third-order valence-electron chi connectivity index (χ3n) is 3.23. The number of methoxy groups -OCH3 is 1. The molecule has 10 nitrogen and oxygen atoms in total. The molecule has 0 bridgehead atoms. The second-order valence-corrected chi connectivity index (χ2v) is 4.70. The molecule has 1 saturated heterocycles. The average molecular weight is 348 g/mol. The number of carbonyl (C=O) groups excluding carboxylic acids is 3. The highest BCUT2D eigenvalue weighted by Crippen LogP contribution is 2.24. The van der Waals surface area contributed by atoms with E-state index in [1.54, 1.807) is 6.92 Å². The number of nitrogens with zero attached hydrogens (tertiary/aromatic N) is 1. The molecule has 2 amide bonds. The SMILES string of the molecule is CC/C(=C/N(C=O)C1OC(CO)C(O)C1O)C(=O)NC.COC=O. The number of nitrogens with one attached hydrogen (secondary N) is 1. The lowest BCUT2D eigenvalue weighted by atomic mass is 10.1. The number of rotatable bonds is 7. The molecule has 4 unspecified atom stereocenters. The summed E-state index contributed by atoms with van der Waals surface area (Å²) in [6.07, 6.45) is -2.77. The smallest absolute Gasteiger partial charge is 0.292 e. The van der Waals surface area contributed by atoms with Crippen molar-refractivity contribution in [1.29, 1.82) is 0 Å². The molecule has 1 rings (SSSR count). The molecule has 1 fully saturated rings. The average Bonchev–Trinajstić information content (AvgIpc) is 2.90. The van der Waals surface area contributed by atoms with Crippen LogP contribution in [0.4, 0.5) is 0 Å². The summed E-state index contributed by atoms with van der Waals surface area (Å²) in [6, 6.07) is 0. The maximum atomic E-state index is 11.6. The quantitative estimate of drug-likeness (QED) is 0.297. The number of ether oxygens (including phenoxy) is 2. The molecule has 0 aliphatic carbocycles. The van der Waals surface area contributed by atoms with Crippen molar-refractivity contribution in [2.75, 3.05) is 20.8 Å². The van der Waals surface area contributed by atoms with Crippen LogP contribution in [0.2, 0.25) is 0 Å². The maximum Gasteiger partial charge on any atom is 0.292 e. The predicted octanol–water partition coefficient (Wildman–Crippen LogP) is -2.29. The molecule has 138 valence electrons. The largest absolute Gasteiger partial charge is 0.471 e. The fourth-order valence-corrected chi connectivity index (χ4v) is 1.94. The highest BCUT2D eigenvalue weighted by Gasteiger charge is 2.44. The number of hydrogen-bond donors (Lipinski definition) is 4. The molecule has 1 heterocycles. The van der Waals surface area contributed by atoms with Gasteiger partial charge >= 0.3 is 0 Å².